The molecule has 0 bridgehead atoms. The summed E-state index contributed by atoms with van der Waals surface area (Å²) in [6, 6.07) is 9.04. The fourth-order valence-corrected chi connectivity index (χ4v) is 3.32. The number of benzene rings is 1. The van der Waals surface area contributed by atoms with Gasteiger partial charge in [0.25, 0.3) is 0 Å². The number of rotatable bonds is 3. The minimum Gasteiger partial charge on any atom is -0.304 e. The van der Waals surface area contributed by atoms with Crippen LogP contribution in [-0.4, -0.2) is 39.2 Å². The molecule has 0 amide bonds. The van der Waals surface area contributed by atoms with Crippen LogP contribution in [0.15, 0.2) is 53.8 Å². The van der Waals surface area contributed by atoms with E-state index in [1.54, 1.807) is 30.6 Å². The molecule has 5 nitrogen and oxygen atoms in total. The lowest BCUT2D eigenvalue weighted by molar-refractivity contribution is -0.137. The van der Waals surface area contributed by atoms with Crippen molar-refractivity contribution in [2.24, 2.45) is 4.99 Å². The quantitative estimate of drug-likeness (QED) is 0.691. The van der Waals surface area contributed by atoms with Crippen molar-refractivity contribution in [3.8, 4) is 5.69 Å². The summed E-state index contributed by atoms with van der Waals surface area (Å²) >= 11 is 0. The molecule has 0 saturated heterocycles. The number of hydrogen-bond donors (Lipinski definition) is 0. The summed E-state index contributed by atoms with van der Waals surface area (Å²) in [5, 5.41) is 0. The summed E-state index contributed by atoms with van der Waals surface area (Å²) in [7, 11) is 3.86. The molecule has 0 unspecified atom stereocenters. The number of pyridine rings is 1. The third-order valence-corrected chi connectivity index (χ3v) is 4.49. The van der Waals surface area contributed by atoms with E-state index in [1.807, 2.05) is 23.6 Å². The van der Waals surface area contributed by atoms with Crippen LogP contribution in [0.1, 0.15) is 28.3 Å². The zero-order valence-corrected chi connectivity index (χ0v) is 15.4. The molecule has 28 heavy (non-hydrogen) atoms. The van der Waals surface area contributed by atoms with Crippen LogP contribution < -0.4 is 0 Å². The largest absolute Gasteiger partial charge is 0.416 e. The third-order valence-electron chi connectivity index (χ3n) is 4.49. The van der Waals surface area contributed by atoms with E-state index in [1.165, 1.54) is 6.07 Å². The summed E-state index contributed by atoms with van der Waals surface area (Å²) in [5.41, 5.74) is 2.15. The van der Waals surface area contributed by atoms with E-state index in [4.69, 9.17) is 0 Å². The number of alkyl halides is 3. The van der Waals surface area contributed by atoms with Gasteiger partial charge < -0.3 is 4.90 Å². The van der Waals surface area contributed by atoms with E-state index in [2.05, 4.69) is 15.0 Å². The number of aromatic nitrogens is 3. The molecule has 3 aromatic rings. The third kappa shape index (κ3) is 3.31. The van der Waals surface area contributed by atoms with Gasteiger partial charge >= 0.3 is 6.18 Å². The van der Waals surface area contributed by atoms with Crippen molar-refractivity contribution in [1.82, 2.24) is 19.4 Å². The lowest BCUT2D eigenvalue weighted by Crippen LogP contribution is -2.17. The van der Waals surface area contributed by atoms with Gasteiger partial charge in [0.1, 0.15) is 5.82 Å². The van der Waals surface area contributed by atoms with Crippen LogP contribution in [0.4, 0.5) is 13.2 Å². The van der Waals surface area contributed by atoms with Gasteiger partial charge in [0.2, 0.25) is 0 Å². The standard InChI is InChI=1S/C20H18F3N5/c1-27(2)12-14-10-25-18-11-26-19(16-5-3-4-8-24-16)15-9-13(20(21,22)23)6-7-17(15)28(14)18/h3-10H,11-12H2,1-2H3. The first-order chi connectivity index (χ1) is 13.3. The highest BCUT2D eigenvalue weighted by Gasteiger charge is 2.33. The maximum Gasteiger partial charge on any atom is 0.416 e. The van der Waals surface area contributed by atoms with Crippen LogP contribution in [0.3, 0.4) is 0 Å². The first-order valence-electron chi connectivity index (χ1n) is 8.72. The molecule has 0 radical (unpaired) electrons. The molecule has 8 heteroatoms. The zero-order chi connectivity index (χ0) is 19.9. The molecule has 1 aliphatic rings. The predicted molar refractivity (Wildman–Crippen MR) is 99.5 cm³/mol. The number of hydrogen-bond acceptors (Lipinski definition) is 4. The lowest BCUT2D eigenvalue weighted by Gasteiger charge is -2.18. The SMILES string of the molecule is CN(C)Cc1cnc2n1-c1ccc(C(F)(F)F)cc1C(c1ccccn1)=NC2. The van der Waals surface area contributed by atoms with Crippen molar-refractivity contribution in [1.29, 1.82) is 0 Å². The van der Waals surface area contributed by atoms with Gasteiger partial charge in [0.15, 0.2) is 0 Å². The highest BCUT2D eigenvalue weighted by molar-refractivity contribution is 6.14. The molecule has 1 aliphatic heterocycles. The summed E-state index contributed by atoms with van der Waals surface area (Å²) in [4.78, 5) is 15.3. The fourth-order valence-electron chi connectivity index (χ4n) is 3.32. The average Bonchev–Trinajstić information content (AvgIpc) is 2.95. The Morgan fingerprint density at radius 2 is 1.93 bits per heavy atom. The Bertz CT molecular complexity index is 1040. The van der Waals surface area contributed by atoms with Crippen LogP contribution in [-0.2, 0) is 19.3 Å². The van der Waals surface area contributed by atoms with Crippen LogP contribution in [0.25, 0.3) is 5.69 Å². The molecular weight excluding hydrogens is 367 g/mol. The first kappa shape index (κ1) is 18.4. The molecule has 0 saturated carbocycles. The monoisotopic (exact) mass is 385 g/mol. The minimum absolute atomic E-state index is 0.259. The van der Waals surface area contributed by atoms with E-state index in [-0.39, 0.29) is 6.54 Å². The topological polar surface area (TPSA) is 46.3 Å². The zero-order valence-electron chi connectivity index (χ0n) is 15.4. The molecule has 0 atom stereocenters. The molecule has 0 spiro atoms. The van der Waals surface area contributed by atoms with Crippen molar-refractivity contribution in [3.05, 3.63) is 77.1 Å². The van der Waals surface area contributed by atoms with E-state index in [0.717, 1.165) is 17.8 Å². The van der Waals surface area contributed by atoms with Crippen molar-refractivity contribution in [2.45, 2.75) is 19.3 Å². The Kier molecular flexibility index (Phi) is 4.50. The molecule has 0 fully saturated rings. The van der Waals surface area contributed by atoms with Gasteiger partial charge in [-0.15, -0.1) is 0 Å². The minimum atomic E-state index is -4.44. The fraction of sp³-hybridized carbons (Fsp3) is 0.250. The Hall–Kier alpha value is -3.00. The maximum atomic E-state index is 13.4. The molecule has 144 valence electrons. The molecule has 1 aromatic carbocycles. The van der Waals surface area contributed by atoms with Crippen molar-refractivity contribution in [2.75, 3.05) is 14.1 Å². The number of halogens is 3. The van der Waals surface area contributed by atoms with Crippen LogP contribution in [0, 0.1) is 0 Å². The highest BCUT2D eigenvalue weighted by Crippen LogP contribution is 2.34. The number of fused-ring (bicyclic) bond motifs is 3. The Morgan fingerprint density at radius 1 is 1.11 bits per heavy atom. The number of nitrogens with zero attached hydrogens (tertiary/aromatic N) is 5. The van der Waals surface area contributed by atoms with Crippen LogP contribution in [0.2, 0.25) is 0 Å². The van der Waals surface area contributed by atoms with Crippen molar-refractivity contribution < 1.29 is 13.2 Å². The number of imidazole rings is 1. The van der Waals surface area contributed by atoms with E-state index in [9.17, 15) is 13.2 Å². The summed E-state index contributed by atoms with van der Waals surface area (Å²) in [6.07, 6.45) is -1.09. The second-order valence-electron chi connectivity index (χ2n) is 6.85. The average molecular weight is 385 g/mol. The van der Waals surface area contributed by atoms with Gasteiger partial charge in [-0.1, -0.05) is 6.07 Å². The Labute approximate surface area is 160 Å². The van der Waals surface area contributed by atoms with Gasteiger partial charge in [-0.25, -0.2) is 4.98 Å². The summed E-state index contributed by atoms with van der Waals surface area (Å²) in [6.45, 7) is 0.863. The maximum absolute atomic E-state index is 13.4. The highest BCUT2D eigenvalue weighted by atomic mass is 19.4. The van der Waals surface area contributed by atoms with E-state index < -0.39 is 11.7 Å². The van der Waals surface area contributed by atoms with E-state index in [0.29, 0.717) is 35.0 Å². The van der Waals surface area contributed by atoms with Gasteiger partial charge in [-0.3, -0.25) is 14.5 Å². The van der Waals surface area contributed by atoms with Crippen LogP contribution in [0.5, 0.6) is 0 Å². The lowest BCUT2D eigenvalue weighted by atomic mass is 10.0. The smallest absolute Gasteiger partial charge is 0.304 e. The van der Waals surface area contributed by atoms with Gasteiger partial charge in [-0.05, 0) is 44.4 Å². The molecule has 0 N–H and O–H groups in total. The molecule has 4 rings (SSSR count). The molecular formula is C20H18F3N5. The first-order valence-corrected chi connectivity index (χ1v) is 8.72. The Balaban J connectivity index is 1.96. The summed E-state index contributed by atoms with van der Waals surface area (Å²) < 4.78 is 42.1. The molecule has 3 heterocycles. The van der Waals surface area contributed by atoms with Gasteiger partial charge in [-0.2, -0.15) is 13.2 Å². The van der Waals surface area contributed by atoms with Crippen LogP contribution >= 0.6 is 0 Å². The molecule has 0 aliphatic carbocycles. The van der Waals surface area contributed by atoms with E-state index >= 15 is 0 Å². The van der Waals surface area contributed by atoms with Crippen molar-refractivity contribution in [3.63, 3.8) is 0 Å². The number of aliphatic imine (C=N–C) groups is 1. The second-order valence-corrected chi connectivity index (χ2v) is 6.85. The second kappa shape index (κ2) is 6.87. The summed E-state index contributed by atoms with van der Waals surface area (Å²) in [5.74, 6) is 0.684. The Morgan fingerprint density at radius 3 is 2.61 bits per heavy atom. The normalized spacial score (nSPS) is 13.7. The van der Waals surface area contributed by atoms with Crippen molar-refractivity contribution >= 4 is 5.71 Å². The van der Waals surface area contributed by atoms with Gasteiger partial charge in [0.05, 0.1) is 41.1 Å². The molecule has 2 aromatic heterocycles. The predicted octanol–water partition coefficient (Wildman–Crippen LogP) is 3.70. The van der Waals surface area contributed by atoms with Gasteiger partial charge in [0, 0.05) is 18.3 Å².